The standard InChI is InChI=1S/C12H22N2O2/c1-9-2-4-10(5-3-9)14-11(15)12(13)6-7-16-8-12/h9-10H,2-8,13H2,1H3,(H,14,15). The van der Waals surface area contributed by atoms with E-state index in [1.807, 2.05) is 0 Å². The molecule has 1 atom stereocenters. The van der Waals surface area contributed by atoms with E-state index in [0.29, 0.717) is 25.7 Å². The number of rotatable bonds is 2. The van der Waals surface area contributed by atoms with E-state index in [2.05, 4.69) is 12.2 Å². The van der Waals surface area contributed by atoms with E-state index in [4.69, 9.17) is 10.5 Å². The average molecular weight is 226 g/mol. The van der Waals surface area contributed by atoms with Crippen molar-refractivity contribution in [1.82, 2.24) is 5.32 Å². The van der Waals surface area contributed by atoms with Gasteiger partial charge in [0.2, 0.25) is 5.91 Å². The third-order valence-corrected chi connectivity index (χ3v) is 3.86. The lowest BCUT2D eigenvalue weighted by Gasteiger charge is -2.30. The van der Waals surface area contributed by atoms with Crippen LogP contribution in [0.25, 0.3) is 0 Å². The Balaban J connectivity index is 1.83. The highest BCUT2D eigenvalue weighted by Crippen LogP contribution is 2.24. The molecule has 3 N–H and O–H groups in total. The van der Waals surface area contributed by atoms with Crippen LogP contribution in [0.2, 0.25) is 0 Å². The number of carbonyl (C=O) groups is 1. The minimum Gasteiger partial charge on any atom is -0.379 e. The Morgan fingerprint density at radius 2 is 2.06 bits per heavy atom. The number of ether oxygens (including phenoxy) is 1. The second-order valence-electron chi connectivity index (χ2n) is 5.39. The van der Waals surface area contributed by atoms with Gasteiger partial charge in [0.1, 0.15) is 5.54 Å². The van der Waals surface area contributed by atoms with Crippen LogP contribution >= 0.6 is 0 Å². The summed E-state index contributed by atoms with van der Waals surface area (Å²) in [5.41, 5.74) is 5.24. The molecule has 0 aromatic heterocycles. The van der Waals surface area contributed by atoms with Crippen LogP contribution in [0.5, 0.6) is 0 Å². The van der Waals surface area contributed by atoms with E-state index in [9.17, 15) is 4.79 Å². The molecule has 0 bridgehead atoms. The van der Waals surface area contributed by atoms with Gasteiger partial charge in [0.25, 0.3) is 0 Å². The number of amides is 1. The molecular weight excluding hydrogens is 204 g/mol. The molecule has 4 nitrogen and oxygen atoms in total. The highest BCUT2D eigenvalue weighted by atomic mass is 16.5. The summed E-state index contributed by atoms with van der Waals surface area (Å²) >= 11 is 0. The molecule has 0 radical (unpaired) electrons. The zero-order chi connectivity index (χ0) is 11.6. The van der Waals surface area contributed by atoms with Crippen LogP contribution in [-0.4, -0.2) is 30.7 Å². The molecule has 1 unspecified atom stereocenters. The molecule has 92 valence electrons. The first-order valence-electron chi connectivity index (χ1n) is 6.28. The monoisotopic (exact) mass is 226 g/mol. The van der Waals surface area contributed by atoms with Crippen molar-refractivity contribution < 1.29 is 9.53 Å². The SMILES string of the molecule is CC1CCC(NC(=O)C2(N)CCOC2)CC1. The first kappa shape index (κ1) is 11.9. The third-order valence-electron chi connectivity index (χ3n) is 3.86. The van der Waals surface area contributed by atoms with Crippen molar-refractivity contribution in [3.8, 4) is 0 Å². The summed E-state index contributed by atoms with van der Waals surface area (Å²) in [6.07, 6.45) is 5.23. The second-order valence-corrected chi connectivity index (χ2v) is 5.39. The predicted molar refractivity (Wildman–Crippen MR) is 61.9 cm³/mol. The van der Waals surface area contributed by atoms with Crippen molar-refractivity contribution in [3.05, 3.63) is 0 Å². The maximum Gasteiger partial charge on any atom is 0.242 e. The van der Waals surface area contributed by atoms with Crippen molar-refractivity contribution in [2.24, 2.45) is 11.7 Å². The first-order valence-corrected chi connectivity index (χ1v) is 6.28. The van der Waals surface area contributed by atoms with E-state index in [1.165, 1.54) is 12.8 Å². The molecule has 16 heavy (non-hydrogen) atoms. The van der Waals surface area contributed by atoms with Crippen molar-refractivity contribution in [2.45, 2.75) is 50.6 Å². The van der Waals surface area contributed by atoms with E-state index in [0.717, 1.165) is 18.8 Å². The minimum absolute atomic E-state index is 0.0236. The van der Waals surface area contributed by atoms with Gasteiger partial charge >= 0.3 is 0 Å². The number of hydrogen-bond acceptors (Lipinski definition) is 3. The summed E-state index contributed by atoms with van der Waals surface area (Å²) in [6.45, 7) is 3.24. The van der Waals surface area contributed by atoms with Crippen molar-refractivity contribution in [1.29, 1.82) is 0 Å². The molecule has 1 saturated heterocycles. The van der Waals surface area contributed by atoms with Gasteiger partial charge in [-0.25, -0.2) is 0 Å². The summed E-state index contributed by atoms with van der Waals surface area (Å²) in [5, 5.41) is 3.08. The van der Waals surface area contributed by atoms with E-state index < -0.39 is 5.54 Å². The van der Waals surface area contributed by atoms with Gasteiger partial charge in [-0.15, -0.1) is 0 Å². The van der Waals surface area contributed by atoms with Gasteiger partial charge in [-0.2, -0.15) is 0 Å². The summed E-state index contributed by atoms with van der Waals surface area (Å²) in [4.78, 5) is 12.0. The molecule has 1 heterocycles. The highest BCUT2D eigenvalue weighted by molar-refractivity contribution is 5.86. The van der Waals surface area contributed by atoms with E-state index in [1.54, 1.807) is 0 Å². The largest absolute Gasteiger partial charge is 0.379 e. The predicted octanol–water partition coefficient (Wildman–Crippen LogP) is 0.799. The molecule has 1 amide bonds. The third kappa shape index (κ3) is 2.55. The number of carbonyl (C=O) groups excluding carboxylic acids is 1. The van der Waals surface area contributed by atoms with Crippen LogP contribution in [0, 0.1) is 5.92 Å². The average Bonchev–Trinajstić information content (AvgIpc) is 2.70. The molecular formula is C12H22N2O2. The maximum atomic E-state index is 12.0. The summed E-state index contributed by atoms with van der Waals surface area (Å²) in [7, 11) is 0. The lowest BCUT2D eigenvalue weighted by Crippen LogP contribution is -2.57. The van der Waals surface area contributed by atoms with E-state index >= 15 is 0 Å². The molecule has 2 rings (SSSR count). The maximum absolute atomic E-state index is 12.0. The molecule has 1 saturated carbocycles. The summed E-state index contributed by atoms with van der Waals surface area (Å²) in [6, 6.07) is 0.324. The zero-order valence-electron chi connectivity index (χ0n) is 10.00. The topological polar surface area (TPSA) is 64.4 Å². The molecule has 2 fully saturated rings. The fourth-order valence-electron chi connectivity index (χ4n) is 2.49. The molecule has 1 aliphatic heterocycles. The zero-order valence-corrected chi connectivity index (χ0v) is 10.00. The Bertz CT molecular complexity index is 254. The summed E-state index contributed by atoms with van der Waals surface area (Å²) < 4.78 is 5.20. The molecule has 0 spiro atoms. The van der Waals surface area contributed by atoms with Crippen molar-refractivity contribution in [3.63, 3.8) is 0 Å². The fourth-order valence-corrected chi connectivity index (χ4v) is 2.49. The van der Waals surface area contributed by atoms with Crippen molar-refractivity contribution in [2.75, 3.05) is 13.2 Å². The van der Waals surface area contributed by atoms with Gasteiger partial charge in [-0.3, -0.25) is 4.79 Å². The Kier molecular flexibility index (Phi) is 3.50. The Morgan fingerprint density at radius 1 is 1.38 bits per heavy atom. The number of hydrogen-bond donors (Lipinski definition) is 2. The Morgan fingerprint density at radius 3 is 2.62 bits per heavy atom. The highest BCUT2D eigenvalue weighted by Gasteiger charge is 2.39. The number of nitrogens with two attached hydrogens (primary N) is 1. The van der Waals surface area contributed by atoms with Crippen LogP contribution in [-0.2, 0) is 9.53 Å². The number of nitrogens with one attached hydrogen (secondary N) is 1. The Labute approximate surface area is 96.9 Å². The van der Waals surface area contributed by atoms with Crippen LogP contribution in [0.1, 0.15) is 39.0 Å². The normalized spacial score (nSPS) is 39.6. The molecule has 2 aliphatic rings. The first-order chi connectivity index (χ1) is 7.60. The smallest absolute Gasteiger partial charge is 0.242 e. The van der Waals surface area contributed by atoms with Gasteiger partial charge in [0.05, 0.1) is 6.61 Å². The summed E-state index contributed by atoms with van der Waals surface area (Å²) in [5.74, 6) is 0.777. The van der Waals surface area contributed by atoms with Crippen LogP contribution < -0.4 is 11.1 Å². The minimum atomic E-state index is -0.775. The molecule has 1 aliphatic carbocycles. The van der Waals surface area contributed by atoms with Gasteiger partial charge < -0.3 is 15.8 Å². The molecule has 0 aromatic rings. The quantitative estimate of drug-likeness (QED) is 0.732. The van der Waals surface area contributed by atoms with Crippen molar-refractivity contribution >= 4 is 5.91 Å². The van der Waals surface area contributed by atoms with Crippen LogP contribution in [0.3, 0.4) is 0 Å². The molecule has 0 aromatic carbocycles. The van der Waals surface area contributed by atoms with Gasteiger partial charge in [0, 0.05) is 12.6 Å². The van der Waals surface area contributed by atoms with Gasteiger partial charge in [0.15, 0.2) is 0 Å². The fraction of sp³-hybridized carbons (Fsp3) is 0.917. The van der Waals surface area contributed by atoms with Gasteiger partial charge in [-0.05, 0) is 38.0 Å². The Hall–Kier alpha value is -0.610. The lowest BCUT2D eigenvalue weighted by molar-refractivity contribution is -0.127. The second kappa shape index (κ2) is 4.72. The molecule has 4 heteroatoms. The van der Waals surface area contributed by atoms with Crippen LogP contribution in [0.15, 0.2) is 0 Å². The van der Waals surface area contributed by atoms with Crippen LogP contribution in [0.4, 0.5) is 0 Å². The lowest BCUT2D eigenvalue weighted by atomic mass is 9.87. The van der Waals surface area contributed by atoms with E-state index in [-0.39, 0.29) is 5.91 Å². The van der Waals surface area contributed by atoms with Gasteiger partial charge in [-0.1, -0.05) is 6.92 Å².